The Hall–Kier alpha value is -2.45. The molecule has 1 aromatic carbocycles. The second-order valence-corrected chi connectivity index (χ2v) is 7.29. The second-order valence-electron chi connectivity index (χ2n) is 5.85. The van der Waals surface area contributed by atoms with Gasteiger partial charge in [-0.1, -0.05) is 30.7 Å². The third-order valence-electron chi connectivity index (χ3n) is 3.63. The first kappa shape index (κ1) is 20.9. The number of imide groups is 1. The molecule has 0 aliphatic rings. The molecule has 0 saturated carbocycles. The minimum atomic E-state index is -0.707. The van der Waals surface area contributed by atoms with Crippen molar-refractivity contribution in [2.24, 2.45) is 0 Å². The number of carbonyl (C=O) groups is 3. The summed E-state index contributed by atoms with van der Waals surface area (Å²) in [5.41, 5.74) is 1.28. The maximum absolute atomic E-state index is 12.2. The molecule has 0 saturated heterocycles. The van der Waals surface area contributed by atoms with Crippen LogP contribution < -0.4 is 10.6 Å². The number of aromatic nitrogens is 1. The summed E-state index contributed by atoms with van der Waals surface area (Å²) in [5.74, 6) is -1.38. The molecule has 1 heterocycles. The van der Waals surface area contributed by atoms with Crippen molar-refractivity contribution < 1.29 is 19.1 Å². The number of aryl methyl sites for hydroxylation is 1. The van der Waals surface area contributed by atoms with Gasteiger partial charge in [0, 0.05) is 16.6 Å². The molecule has 0 unspecified atom stereocenters. The molecule has 1 aromatic heterocycles. The summed E-state index contributed by atoms with van der Waals surface area (Å²) in [6.07, 6.45) is 0.732. The van der Waals surface area contributed by atoms with Crippen molar-refractivity contribution in [3.8, 4) is 10.6 Å². The van der Waals surface area contributed by atoms with Crippen molar-refractivity contribution >= 4 is 40.8 Å². The lowest BCUT2D eigenvalue weighted by molar-refractivity contribution is -0.123. The minimum Gasteiger partial charge on any atom is -0.451 e. The largest absolute Gasteiger partial charge is 0.451 e. The van der Waals surface area contributed by atoms with Crippen LogP contribution in [0.3, 0.4) is 0 Å². The van der Waals surface area contributed by atoms with E-state index >= 15 is 0 Å². The van der Waals surface area contributed by atoms with Gasteiger partial charge in [-0.25, -0.2) is 14.6 Å². The first-order valence-corrected chi connectivity index (χ1v) is 9.50. The van der Waals surface area contributed by atoms with E-state index < -0.39 is 24.5 Å². The van der Waals surface area contributed by atoms with E-state index in [1.54, 1.807) is 25.1 Å². The number of benzene rings is 1. The standard InChI is InChI=1S/C18H20ClN3O4S/c1-4-10(2)20-18(25)22-14(23)9-26-17(24)15-11(3)21-16(27-15)12-6-5-7-13(19)8-12/h5-8,10H,4,9H2,1-3H3,(H2,20,22,23,25)/t10-/m0/s1. The third-order valence-corrected chi connectivity index (χ3v) is 5.05. The van der Waals surface area contributed by atoms with Crippen molar-refractivity contribution in [1.82, 2.24) is 15.6 Å². The maximum Gasteiger partial charge on any atom is 0.350 e. The first-order chi connectivity index (χ1) is 12.8. The van der Waals surface area contributed by atoms with Gasteiger partial charge in [0.15, 0.2) is 6.61 Å². The smallest absolute Gasteiger partial charge is 0.350 e. The van der Waals surface area contributed by atoms with Crippen molar-refractivity contribution in [3.05, 3.63) is 39.9 Å². The van der Waals surface area contributed by atoms with E-state index in [0.29, 0.717) is 20.6 Å². The fraction of sp³-hybridized carbons (Fsp3) is 0.333. The monoisotopic (exact) mass is 409 g/mol. The van der Waals surface area contributed by atoms with E-state index in [1.807, 2.05) is 19.9 Å². The van der Waals surface area contributed by atoms with E-state index in [-0.39, 0.29) is 6.04 Å². The lowest BCUT2D eigenvalue weighted by Crippen LogP contribution is -2.44. The van der Waals surface area contributed by atoms with E-state index in [1.165, 1.54) is 0 Å². The highest BCUT2D eigenvalue weighted by Crippen LogP contribution is 2.29. The summed E-state index contributed by atoms with van der Waals surface area (Å²) in [6, 6.07) is 6.44. The molecule has 2 N–H and O–H groups in total. The molecule has 2 aromatic rings. The van der Waals surface area contributed by atoms with Crippen molar-refractivity contribution in [3.63, 3.8) is 0 Å². The van der Waals surface area contributed by atoms with Crippen LogP contribution in [0, 0.1) is 6.92 Å². The summed E-state index contributed by atoms with van der Waals surface area (Å²) in [4.78, 5) is 40.2. The zero-order valence-electron chi connectivity index (χ0n) is 15.2. The average molecular weight is 410 g/mol. The summed E-state index contributed by atoms with van der Waals surface area (Å²) in [5, 5.41) is 5.89. The number of hydrogen-bond donors (Lipinski definition) is 2. The number of hydrogen-bond acceptors (Lipinski definition) is 6. The van der Waals surface area contributed by atoms with Crippen molar-refractivity contribution in [2.45, 2.75) is 33.2 Å². The Bertz CT molecular complexity index is 853. The molecule has 9 heteroatoms. The van der Waals surface area contributed by atoms with Crippen LogP contribution in [0.5, 0.6) is 0 Å². The van der Waals surface area contributed by atoms with Gasteiger partial charge >= 0.3 is 12.0 Å². The lowest BCUT2D eigenvalue weighted by Gasteiger charge is -2.11. The molecular weight excluding hydrogens is 390 g/mol. The van der Waals surface area contributed by atoms with Gasteiger partial charge in [-0.3, -0.25) is 10.1 Å². The Morgan fingerprint density at radius 3 is 2.74 bits per heavy atom. The topological polar surface area (TPSA) is 97.4 Å². The summed E-state index contributed by atoms with van der Waals surface area (Å²) in [6.45, 7) is 4.84. The van der Waals surface area contributed by atoms with Crippen molar-refractivity contribution in [1.29, 1.82) is 0 Å². The number of thiazole rings is 1. The number of nitrogens with zero attached hydrogens (tertiary/aromatic N) is 1. The normalized spacial score (nSPS) is 11.6. The Morgan fingerprint density at radius 2 is 2.07 bits per heavy atom. The molecule has 0 aliphatic carbocycles. The van der Waals surface area contributed by atoms with Gasteiger partial charge in [0.2, 0.25) is 0 Å². The number of rotatable bonds is 6. The average Bonchev–Trinajstić information content (AvgIpc) is 3.01. The highest BCUT2D eigenvalue weighted by Gasteiger charge is 2.19. The molecule has 27 heavy (non-hydrogen) atoms. The van der Waals surface area contributed by atoms with E-state index in [2.05, 4.69) is 15.6 Å². The zero-order valence-corrected chi connectivity index (χ0v) is 16.7. The Balaban J connectivity index is 1.94. The number of halogens is 1. The summed E-state index contributed by atoms with van der Waals surface area (Å²) >= 11 is 7.13. The predicted molar refractivity (Wildman–Crippen MR) is 104 cm³/mol. The van der Waals surface area contributed by atoms with Crippen LogP contribution in [0.15, 0.2) is 24.3 Å². The van der Waals surface area contributed by atoms with Gasteiger partial charge in [0.25, 0.3) is 5.91 Å². The van der Waals surface area contributed by atoms with Gasteiger partial charge in [0.1, 0.15) is 9.88 Å². The Morgan fingerprint density at radius 1 is 1.33 bits per heavy atom. The molecule has 0 fully saturated rings. The van der Waals surface area contributed by atoms with E-state index in [0.717, 1.165) is 23.3 Å². The summed E-state index contributed by atoms with van der Waals surface area (Å²) in [7, 11) is 0. The van der Waals surface area contributed by atoms with Crippen LogP contribution in [0.2, 0.25) is 5.02 Å². The van der Waals surface area contributed by atoms with Gasteiger partial charge in [-0.2, -0.15) is 0 Å². The highest BCUT2D eigenvalue weighted by atomic mass is 35.5. The molecule has 0 radical (unpaired) electrons. The van der Waals surface area contributed by atoms with Crippen LogP contribution in [0.25, 0.3) is 10.6 Å². The van der Waals surface area contributed by atoms with Crippen LogP contribution in [0.4, 0.5) is 4.79 Å². The van der Waals surface area contributed by atoms with Gasteiger partial charge in [-0.05, 0) is 32.4 Å². The van der Waals surface area contributed by atoms with Crippen LogP contribution in [-0.4, -0.2) is 35.5 Å². The Kier molecular flexibility index (Phi) is 7.32. The molecule has 7 nitrogen and oxygen atoms in total. The van der Waals surface area contributed by atoms with Crippen LogP contribution in [-0.2, 0) is 9.53 Å². The highest BCUT2D eigenvalue weighted by molar-refractivity contribution is 7.17. The number of nitrogens with one attached hydrogen (secondary N) is 2. The van der Waals surface area contributed by atoms with Gasteiger partial charge in [-0.15, -0.1) is 11.3 Å². The quantitative estimate of drug-likeness (QED) is 0.711. The van der Waals surface area contributed by atoms with Crippen LogP contribution in [0.1, 0.15) is 35.6 Å². The predicted octanol–water partition coefficient (Wildman–Crippen LogP) is 3.55. The molecule has 0 aliphatic heterocycles. The number of amides is 3. The molecule has 0 spiro atoms. The second kappa shape index (κ2) is 9.48. The number of esters is 1. The number of carbonyl (C=O) groups excluding carboxylic acids is 3. The van der Waals surface area contributed by atoms with Gasteiger partial charge < -0.3 is 10.1 Å². The van der Waals surface area contributed by atoms with E-state index in [9.17, 15) is 14.4 Å². The van der Waals surface area contributed by atoms with Crippen LogP contribution >= 0.6 is 22.9 Å². The SMILES string of the molecule is CC[C@H](C)NC(=O)NC(=O)COC(=O)c1sc(-c2cccc(Cl)c2)nc1C. The molecule has 3 amide bonds. The molecule has 1 atom stereocenters. The molecular formula is C18H20ClN3O4S. The molecule has 144 valence electrons. The molecule has 0 bridgehead atoms. The first-order valence-electron chi connectivity index (χ1n) is 8.31. The fourth-order valence-corrected chi connectivity index (χ4v) is 3.20. The fourth-order valence-electron chi connectivity index (χ4n) is 2.05. The van der Waals surface area contributed by atoms with Gasteiger partial charge in [0.05, 0.1) is 5.69 Å². The maximum atomic E-state index is 12.2. The number of ether oxygens (including phenoxy) is 1. The Labute approximate surface area is 166 Å². The lowest BCUT2D eigenvalue weighted by atomic mass is 10.2. The zero-order chi connectivity index (χ0) is 20.0. The number of urea groups is 1. The molecule has 2 rings (SSSR count). The van der Waals surface area contributed by atoms with Crippen molar-refractivity contribution in [2.75, 3.05) is 6.61 Å². The summed E-state index contributed by atoms with van der Waals surface area (Å²) < 4.78 is 4.99. The minimum absolute atomic E-state index is 0.0647. The third kappa shape index (κ3) is 6.04. The van der Waals surface area contributed by atoms with E-state index in [4.69, 9.17) is 16.3 Å².